The van der Waals surface area contributed by atoms with E-state index in [2.05, 4.69) is 12.7 Å². The van der Waals surface area contributed by atoms with Crippen molar-refractivity contribution < 1.29 is 19.1 Å². The van der Waals surface area contributed by atoms with Gasteiger partial charge in [-0.2, -0.15) is 0 Å². The zero-order valence-corrected chi connectivity index (χ0v) is 11.5. The number of esters is 2. The molecule has 0 aromatic heterocycles. The van der Waals surface area contributed by atoms with E-state index < -0.39 is 0 Å². The lowest BCUT2D eigenvalue weighted by molar-refractivity contribution is -0.143. The molecule has 4 heteroatoms. The highest BCUT2D eigenvalue weighted by Crippen LogP contribution is 2.27. The Bertz CT molecular complexity index is 435. The molecule has 104 valence electrons. The van der Waals surface area contributed by atoms with Gasteiger partial charge in [-0.05, 0) is 19.8 Å². The molecule has 0 aromatic carbocycles. The van der Waals surface area contributed by atoms with Crippen molar-refractivity contribution in [2.75, 3.05) is 6.61 Å². The predicted octanol–water partition coefficient (Wildman–Crippen LogP) is 2.39. The second-order valence-electron chi connectivity index (χ2n) is 5.51. The highest BCUT2D eigenvalue weighted by Gasteiger charge is 2.31. The first-order valence-corrected chi connectivity index (χ1v) is 6.69. The first kappa shape index (κ1) is 13.8. The Kier molecular flexibility index (Phi) is 4.08. The molecule has 0 bridgehead atoms. The SMILES string of the molecule is C=C1C(=O)OCC1C/C=C(\C)CC1CC(C)C(=O)O1. The first-order valence-electron chi connectivity index (χ1n) is 6.69. The fourth-order valence-electron chi connectivity index (χ4n) is 2.48. The van der Waals surface area contributed by atoms with Gasteiger partial charge in [0.2, 0.25) is 0 Å². The van der Waals surface area contributed by atoms with Crippen LogP contribution in [0.25, 0.3) is 0 Å². The van der Waals surface area contributed by atoms with Gasteiger partial charge in [-0.1, -0.05) is 25.2 Å². The summed E-state index contributed by atoms with van der Waals surface area (Å²) in [6.07, 6.45) is 4.41. The molecule has 0 N–H and O–H groups in total. The zero-order valence-electron chi connectivity index (χ0n) is 11.5. The van der Waals surface area contributed by atoms with Crippen LogP contribution in [0.15, 0.2) is 23.8 Å². The minimum Gasteiger partial charge on any atom is -0.462 e. The van der Waals surface area contributed by atoms with Gasteiger partial charge in [-0.3, -0.25) is 4.79 Å². The number of carbonyl (C=O) groups excluding carboxylic acids is 2. The maximum absolute atomic E-state index is 11.3. The van der Waals surface area contributed by atoms with E-state index in [1.807, 2.05) is 13.8 Å². The summed E-state index contributed by atoms with van der Waals surface area (Å²) >= 11 is 0. The van der Waals surface area contributed by atoms with Crippen LogP contribution in [-0.4, -0.2) is 24.6 Å². The molecule has 0 radical (unpaired) electrons. The Balaban J connectivity index is 1.82. The Morgan fingerprint density at radius 3 is 2.74 bits per heavy atom. The third kappa shape index (κ3) is 3.25. The smallest absolute Gasteiger partial charge is 0.333 e. The summed E-state index contributed by atoms with van der Waals surface area (Å²) in [6.45, 7) is 8.09. The van der Waals surface area contributed by atoms with Crippen LogP contribution in [0.2, 0.25) is 0 Å². The molecule has 2 aliphatic heterocycles. The van der Waals surface area contributed by atoms with Crippen molar-refractivity contribution in [1.29, 1.82) is 0 Å². The van der Waals surface area contributed by atoms with E-state index in [9.17, 15) is 9.59 Å². The summed E-state index contributed by atoms with van der Waals surface area (Å²) in [5.74, 6) is -0.276. The van der Waals surface area contributed by atoms with E-state index in [4.69, 9.17) is 9.47 Å². The van der Waals surface area contributed by atoms with Crippen molar-refractivity contribution in [3.05, 3.63) is 23.8 Å². The van der Waals surface area contributed by atoms with E-state index >= 15 is 0 Å². The number of allylic oxidation sites excluding steroid dienone is 1. The highest BCUT2D eigenvalue weighted by molar-refractivity contribution is 5.90. The second kappa shape index (κ2) is 5.59. The van der Waals surface area contributed by atoms with Crippen molar-refractivity contribution in [2.45, 2.75) is 39.2 Å². The molecule has 3 atom stereocenters. The number of rotatable bonds is 4. The molecule has 0 amide bonds. The van der Waals surface area contributed by atoms with Crippen LogP contribution < -0.4 is 0 Å². The number of hydrogen-bond donors (Lipinski definition) is 0. The topological polar surface area (TPSA) is 52.6 Å². The molecule has 2 aliphatic rings. The van der Waals surface area contributed by atoms with Gasteiger partial charge in [0, 0.05) is 17.9 Å². The van der Waals surface area contributed by atoms with Crippen LogP contribution in [0, 0.1) is 11.8 Å². The molecule has 0 saturated carbocycles. The molecule has 3 unspecified atom stereocenters. The van der Waals surface area contributed by atoms with Crippen LogP contribution in [0.3, 0.4) is 0 Å². The Labute approximate surface area is 113 Å². The summed E-state index contributed by atoms with van der Waals surface area (Å²) in [4.78, 5) is 22.5. The molecular weight excluding hydrogens is 244 g/mol. The van der Waals surface area contributed by atoms with Crippen LogP contribution in [0.5, 0.6) is 0 Å². The van der Waals surface area contributed by atoms with Gasteiger partial charge in [0.1, 0.15) is 6.10 Å². The maximum Gasteiger partial charge on any atom is 0.333 e. The summed E-state index contributed by atoms with van der Waals surface area (Å²) in [7, 11) is 0. The van der Waals surface area contributed by atoms with Crippen molar-refractivity contribution >= 4 is 11.9 Å². The minimum absolute atomic E-state index is 0.00316. The highest BCUT2D eigenvalue weighted by atomic mass is 16.6. The quantitative estimate of drug-likeness (QED) is 0.444. The normalized spacial score (nSPS) is 31.6. The molecule has 19 heavy (non-hydrogen) atoms. The molecule has 0 aromatic rings. The minimum atomic E-state index is -0.283. The molecule has 4 nitrogen and oxygen atoms in total. The number of cyclic esters (lactones) is 2. The molecule has 0 aliphatic carbocycles. The van der Waals surface area contributed by atoms with Crippen molar-refractivity contribution in [1.82, 2.24) is 0 Å². The first-order chi connectivity index (χ1) is 8.97. The number of hydrogen-bond acceptors (Lipinski definition) is 4. The van der Waals surface area contributed by atoms with Gasteiger partial charge in [-0.15, -0.1) is 0 Å². The molecular formula is C15H20O4. The lowest BCUT2D eigenvalue weighted by atomic mass is 9.96. The largest absolute Gasteiger partial charge is 0.462 e. The molecule has 2 heterocycles. The van der Waals surface area contributed by atoms with Crippen LogP contribution in [0.1, 0.15) is 33.1 Å². The average Bonchev–Trinajstić information content (AvgIpc) is 2.82. The summed E-state index contributed by atoms with van der Waals surface area (Å²) in [5, 5.41) is 0. The summed E-state index contributed by atoms with van der Waals surface area (Å²) in [6, 6.07) is 0. The Morgan fingerprint density at radius 1 is 1.47 bits per heavy atom. The van der Waals surface area contributed by atoms with E-state index in [1.165, 1.54) is 5.57 Å². The van der Waals surface area contributed by atoms with E-state index in [-0.39, 0.29) is 29.9 Å². The summed E-state index contributed by atoms with van der Waals surface area (Å²) in [5.41, 5.74) is 1.74. The van der Waals surface area contributed by atoms with E-state index in [0.29, 0.717) is 12.2 Å². The van der Waals surface area contributed by atoms with Gasteiger partial charge in [0.15, 0.2) is 0 Å². The number of ether oxygens (including phenoxy) is 2. The Hall–Kier alpha value is -1.58. The number of carbonyl (C=O) groups is 2. The van der Waals surface area contributed by atoms with Gasteiger partial charge in [0.25, 0.3) is 0 Å². The second-order valence-corrected chi connectivity index (χ2v) is 5.51. The van der Waals surface area contributed by atoms with Gasteiger partial charge < -0.3 is 9.47 Å². The third-order valence-corrected chi connectivity index (χ3v) is 3.77. The Morgan fingerprint density at radius 2 is 2.21 bits per heavy atom. The van der Waals surface area contributed by atoms with E-state index in [0.717, 1.165) is 19.3 Å². The van der Waals surface area contributed by atoms with Gasteiger partial charge in [-0.25, -0.2) is 4.79 Å². The van der Waals surface area contributed by atoms with Crippen molar-refractivity contribution in [3.63, 3.8) is 0 Å². The van der Waals surface area contributed by atoms with Crippen LogP contribution in [-0.2, 0) is 19.1 Å². The fraction of sp³-hybridized carbons (Fsp3) is 0.600. The zero-order chi connectivity index (χ0) is 14.0. The van der Waals surface area contributed by atoms with E-state index in [1.54, 1.807) is 0 Å². The average molecular weight is 264 g/mol. The standard InChI is InChI=1S/C15H20O4/c1-9(6-13-7-10(2)14(16)19-13)4-5-12-8-18-15(17)11(12)3/h4,10,12-13H,3,5-8H2,1-2H3/b9-4+. The maximum atomic E-state index is 11.3. The molecule has 2 saturated heterocycles. The molecule has 2 fully saturated rings. The molecule has 0 spiro atoms. The summed E-state index contributed by atoms with van der Waals surface area (Å²) < 4.78 is 10.2. The lowest BCUT2D eigenvalue weighted by Gasteiger charge is -2.10. The van der Waals surface area contributed by atoms with Gasteiger partial charge in [0.05, 0.1) is 12.5 Å². The monoisotopic (exact) mass is 264 g/mol. The van der Waals surface area contributed by atoms with Crippen molar-refractivity contribution in [2.24, 2.45) is 11.8 Å². The third-order valence-electron chi connectivity index (χ3n) is 3.77. The van der Waals surface area contributed by atoms with Crippen LogP contribution >= 0.6 is 0 Å². The lowest BCUT2D eigenvalue weighted by Crippen LogP contribution is -2.07. The molecule has 2 rings (SSSR count). The van der Waals surface area contributed by atoms with Crippen molar-refractivity contribution in [3.8, 4) is 0 Å². The fourth-order valence-corrected chi connectivity index (χ4v) is 2.48. The predicted molar refractivity (Wildman–Crippen MR) is 70.2 cm³/mol. The van der Waals surface area contributed by atoms with Crippen LogP contribution in [0.4, 0.5) is 0 Å². The van der Waals surface area contributed by atoms with Gasteiger partial charge >= 0.3 is 11.9 Å².